The molecule has 1 aromatic carbocycles. The van der Waals surface area contributed by atoms with Crippen LogP contribution in [0.4, 0.5) is 0 Å². The van der Waals surface area contributed by atoms with Gasteiger partial charge in [0.15, 0.2) is 0 Å². The second-order valence-corrected chi connectivity index (χ2v) is 6.44. The van der Waals surface area contributed by atoms with E-state index in [1.165, 1.54) is 5.56 Å². The van der Waals surface area contributed by atoms with E-state index >= 15 is 0 Å². The van der Waals surface area contributed by atoms with Gasteiger partial charge in [-0.05, 0) is 32.4 Å². The van der Waals surface area contributed by atoms with E-state index < -0.39 is 17.3 Å². The molecule has 8 nitrogen and oxygen atoms in total. The Morgan fingerprint density at radius 2 is 2.12 bits per heavy atom. The lowest BCUT2D eigenvalue weighted by Crippen LogP contribution is -2.30. The molecule has 0 radical (unpaired) electrons. The number of nitrogens with zero attached hydrogens (tertiary/aromatic N) is 4. The summed E-state index contributed by atoms with van der Waals surface area (Å²) in [5.41, 5.74) is 1.28. The Morgan fingerprint density at radius 3 is 2.80 bits per heavy atom. The van der Waals surface area contributed by atoms with E-state index in [0.29, 0.717) is 37.1 Å². The molecule has 0 saturated carbocycles. The highest BCUT2D eigenvalue weighted by molar-refractivity contribution is 5.15. The van der Waals surface area contributed by atoms with Crippen LogP contribution in [-0.4, -0.2) is 39.3 Å². The van der Waals surface area contributed by atoms with Crippen molar-refractivity contribution in [3.8, 4) is 0 Å². The summed E-state index contributed by atoms with van der Waals surface area (Å²) in [6, 6.07) is 10.6. The van der Waals surface area contributed by atoms with Crippen LogP contribution in [0.5, 0.6) is 0 Å². The number of nitro groups is 1. The van der Waals surface area contributed by atoms with Gasteiger partial charge in [0, 0.05) is 12.5 Å². The first-order valence-corrected chi connectivity index (χ1v) is 8.38. The predicted molar refractivity (Wildman–Crippen MR) is 89.2 cm³/mol. The number of aromatic nitrogens is 2. The van der Waals surface area contributed by atoms with Crippen molar-refractivity contribution in [3.63, 3.8) is 0 Å². The largest absolute Gasteiger partial charge is 0.338 e. The van der Waals surface area contributed by atoms with Gasteiger partial charge in [0.25, 0.3) is 0 Å². The SMILES string of the molecule is C[C@H](Cc1ccccc1)N(C)Cc1nc([C@@H]2CC[C@H]([N+](=O)[O-])O2)no1. The molecule has 0 unspecified atom stereocenters. The second-order valence-electron chi connectivity index (χ2n) is 6.44. The predicted octanol–water partition coefficient (Wildman–Crippen LogP) is 2.59. The first-order chi connectivity index (χ1) is 12.0. The first kappa shape index (κ1) is 17.5. The van der Waals surface area contributed by atoms with Crippen LogP contribution in [0.15, 0.2) is 34.9 Å². The zero-order valence-corrected chi connectivity index (χ0v) is 14.4. The summed E-state index contributed by atoms with van der Waals surface area (Å²) in [4.78, 5) is 16.8. The molecule has 8 heteroatoms. The molecule has 0 spiro atoms. The Hall–Kier alpha value is -2.32. The molecular formula is C17H22N4O4. The van der Waals surface area contributed by atoms with Crippen molar-refractivity contribution in [3.05, 3.63) is 57.7 Å². The summed E-state index contributed by atoms with van der Waals surface area (Å²) in [5.74, 6) is 0.883. The van der Waals surface area contributed by atoms with Crippen LogP contribution < -0.4 is 0 Å². The van der Waals surface area contributed by atoms with Gasteiger partial charge in [-0.2, -0.15) is 4.98 Å². The van der Waals surface area contributed by atoms with E-state index in [0.717, 1.165) is 6.42 Å². The van der Waals surface area contributed by atoms with E-state index in [1.54, 1.807) is 0 Å². The van der Waals surface area contributed by atoms with Crippen molar-refractivity contribution in [2.75, 3.05) is 7.05 Å². The van der Waals surface area contributed by atoms with Gasteiger partial charge in [-0.3, -0.25) is 15.0 Å². The Morgan fingerprint density at radius 1 is 1.36 bits per heavy atom. The normalized spacial score (nSPS) is 21.6. The molecule has 1 saturated heterocycles. The fraction of sp³-hybridized carbons (Fsp3) is 0.529. The zero-order chi connectivity index (χ0) is 17.8. The van der Waals surface area contributed by atoms with Crippen molar-refractivity contribution in [2.24, 2.45) is 0 Å². The standard InChI is InChI=1S/C17H22N4O4/c1-12(10-13-6-4-3-5-7-13)20(2)11-15-18-17(19-25-15)14-8-9-16(24-14)21(22)23/h3-7,12,14,16H,8-11H2,1-2H3/t12-,14+,16-/m1/s1. The molecule has 2 aromatic rings. The van der Waals surface area contributed by atoms with Crippen molar-refractivity contribution in [1.82, 2.24) is 15.0 Å². The van der Waals surface area contributed by atoms with Gasteiger partial charge in [-0.25, -0.2) is 0 Å². The Bertz CT molecular complexity index is 706. The molecule has 0 N–H and O–H groups in total. The highest BCUT2D eigenvalue weighted by Gasteiger charge is 2.36. The number of benzene rings is 1. The summed E-state index contributed by atoms with van der Waals surface area (Å²) in [6.45, 7) is 2.67. The zero-order valence-electron chi connectivity index (χ0n) is 14.4. The maximum Gasteiger partial charge on any atom is 0.316 e. The van der Waals surface area contributed by atoms with E-state index in [2.05, 4.69) is 34.1 Å². The van der Waals surface area contributed by atoms with Crippen LogP contribution in [0.1, 0.15) is 43.1 Å². The van der Waals surface area contributed by atoms with Crippen molar-refractivity contribution in [1.29, 1.82) is 0 Å². The molecule has 1 fully saturated rings. The summed E-state index contributed by atoms with van der Waals surface area (Å²) in [7, 11) is 2.01. The molecular weight excluding hydrogens is 324 g/mol. The Balaban J connectivity index is 1.55. The van der Waals surface area contributed by atoms with Crippen molar-refractivity contribution < 1.29 is 14.2 Å². The van der Waals surface area contributed by atoms with Crippen LogP contribution in [-0.2, 0) is 17.7 Å². The van der Waals surface area contributed by atoms with E-state index in [4.69, 9.17) is 9.26 Å². The van der Waals surface area contributed by atoms with Gasteiger partial charge >= 0.3 is 6.23 Å². The lowest BCUT2D eigenvalue weighted by atomic mass is 10.1. The molecule has 0 aliphatic carbocycles. The maximum atomic E-state index is 10.8. The summed E-state index contributed by atoms with van der Waals surface area (Å²) < 4.78 is 10.6. The van der Waals surface area contributed by atoms with Crippen LogP contribution in [0.2, 0.25) is 0 Å². The average Bonchev–Trinajstić information content (AvgIpc) is 3.24. The topological polar surface area (TPSA) is 94.5 Å². The van der Waals surface area contributed by atoms with Crippen molar-refractivity contribution in [2.45, 2.75) is 51.1 Å². The molecule has 2 heterocycles. The fourth-order valence-electron chi connectivity index (χ4n) is 2.91. The molecule has 3 atom stereocenters. The Labute approximate surface area is 145 Å². The summed E-state index contributed by atoms with van der Waals surface area (Å²) in [5, 5.41) is 14.7. The van der Waals surface area contributed by atoms with Gasteiger partial charge in [-0.1, -0.05) is 35.5 Å². The molecule has 3 rings (SSSR count). The lowest BCUT2D eigenvalue weighted by molar-refractivity contribution is -0.572. The molecule has 0 amide bonds. The number of likely N-dealkylation sites (N-methyl/N-ethyl adjacent to an activating group) is 1. The minimum absolute atomic E-state index is 0.305. The van der Waals surface area contributed by atoms with E-state index in [9.17, 15) is 10.1 Å². The third-order valence-electron chi connectivity index (χ3n) is 4.52. The number of rotatable bonds is 7. The van der Waals surface area contributed by atoms with Gasteiger partial charge in [0.05, 0.1) is 11.5 Å². The summed E-state index contributed by atoms with van der Waals surface area (Å²) >= 11 is 0. The van der Waals surface area contributed by atoms with Crippen LogP contribution in [0.3, 0.4) is 0 Å². The van der Waals surface area contributed by atoms with Gasteiger partial charge in [0.1, 0.15) is 6.10 Å². The van der Waals surface area contributed by atoms with E-state index in [1.807, 2.05) is 25.2 Å². The third-order valence-corrected chi connectivity index (χ3v) is 4.52. The number of hydrogen-bond acceptors (Lipinski definition) is 7. The highest BCUT2D eigenvalue weighted by atomic mass is 16.7. The highest BCUT2D eigenvalue weighted by Crippen LogP contribution is 2.31. The average molecular weight is 346 g/mol. The van der Waals surface area contributed by atoms with Crippen LogP contribution in [0.25, 0.3) is 0 Å². The minimum Gasteiger partial charge on any atom is -0.338 e. The minimum atomic E-state index is -0.972. The molecule has 134 valence electrons. The van der Waals surface area contributed by atoms with Gasteiger partial charge in [0.2, 0.25) is 11.7 Å². The molecule has 25 heavy (non-hydrogen) atoms. The summed E-state index contributed by atoms with van der Waals surface area (Å²) in [6.07, 6.45) is 0.398. The smallest absolute Gasteiger partial charge is 0.316 e. The van der Waals surface area contributed by atoms with E-state index in [-0.39, 0.29) is 0 Å². The quantitative estimate of drug-likeness (QED) is 0.561. The lowest BCUT2D eigenvalue weighted by Gasteiger charge is -2.23. The molecule has 1 aromatic heterocycles. The number of ether oxygens (including phenoxy) is 1. The molecule has 1 aliphatic heterocycles. The first-order valence-electron chi connectivity index (χ1n) is 8.38. The Kier molecular flexibility index (Phi) is 5.40. The number of hydrogen-bond donors (Lipinski definition) is 0. The van der Waals surface area contributed by atoms with Crippen LogP contribution >= 0.6 is 0 Å². The second kappa shape index (κ2) is 7.71. The van der Waals surface area contributed by atoms with Crippen molar-refractivity contribution >= 4 is 0 Å². The van der Waals surface area contributed by atoms with Gasteiger partial charge < -0.3 is 9.26 Å². The molecule has 0 bridgehead atoms. The third kappa shape index (κ3) is 4.40. The van der Waals surface area contributed by atoms with Gasteiger partial charge in [-0.15, -0.1) is 0 Å². The fourth-order valence-corrected chi connectivity index (χ4v) is 2.91. The van der Waals surface area contributed by atoms with Crippen LogP contribution in [0, 0.1) is 10.1 Å². The monoisotopic (exact) mass is 346 g/mol. The maximum absolute atomic E-state index is 10.8. The molecule has 1 aliphatic rings.